The zero-order valence-corrected chi connectivity index (χ0v) is 18.0. The maximum Gasteiger partial charge on any atom is 0.275 e. The van der Waals surface area contributed by atoms with E-state index in [0.717, 1.165) is 49.9 Å². The quantitative estimate of drug-likeness (QED) is 0.762. The zero-order chi connectivity index (χ0) is 20.6. The molecule has 0 N–H and O–H groups in total. The molecule has 2 amide bonds. The van der Waals surface area contributed by atoms with Crippen molar-refractivity contribution in [3.63, 3.8) is 0 Å². The molecule has 0 radical (unpaired) electrons. The molecule has 1 aromatic rings. The second kappa shape index (κ2) is 6.81. The van der Waals surface area contributed by atoms with Crippen LogP contribution in [0.5, 0.6) is 0 Å². The van der Waals surface area contributed by atoms with Crippen LogP contribution in [-0.4, -0.2) is 58.3 Å². The lowest BCUT2D eigenvalue weighted by Gasteiger charge is -2.34. The van der Waals surface area contributed by atoms with Crippen LogP contribution in [0.25, 0.3) is 0 Å². The summed E-state index contributed by atoms with van der Waals surface area (Å²) in [6.45, 7) is 6.24. The molecule has 7 heteroatoms. The molecule has 7 nitrogen and oxygen atoms in total. The van der Waals surface area contributed by atoms with Crippen molar-refractivity contribution >= 4 is 17.6 Å². The highest BCUT2D eigenvalue weighted by atomic mass is 16.5. The lowest BCUT2D eigenvalue weighted by atomic mass is 9.86. The molecule has 0 aromatic carbocycles. The number of carbonyl (C=O) groups excluding carboxylic acids is 2. The molecule has 5 aliphatic rings. The van der Waals surface area contributed by atoms with Gasteiger partial charge in [-0.1, -0.05) is 0 Å². The van der Waals surface area contributed by atoms with Crippen molar-refractivity contribution in [3.05, 3.63) is 11.3 Å². The normalized spacial score (nSPS) is 33.6. The lowest BCUT2D eigenvalue weighted by Crippen LogP contribution is -2.40. The molecule has 2 saturated carbocycles. The Morgan fingerprint density at radius 3 is 2.53 bits per heavy atom. The van der Waals surface area contributed by atoms with Crippen LogP contribution in [0.3, 0.4) is 0 Å². The number of anilines is 1. The highest BCUT2D eigenvalue weighted by Crippen LogP contribution is 2.53. The van der Waals surface area contributed by atoms with E-state index in [4.69, 9.17) is 9.84 Å². The number of nitrogens with zero attached hydrogens (tertiary/aromatic N) is 4. The highest BCUT2D eigenvalue weighted by molar-refractivity contribution is 6.02. The number of amides is 2. The Hall–Kier alpha value is -1.89. The number of aromatic nitrogens is 2. The van der Waals surface area contributed by atoms with E-state index in [-0.39, 0.29) is 29.8 Å². The fourth-order valence-electron chi connectivity index (χ4n) is 6.31. The fourth-order valence-corrected chi connectivity index (χ4v) is 6.31. The maximum atomic E-state index is 13.8. The molecule has 162 valence electrons. The van der Waals surface area contributed by atoms with Crippen LogP contribution in [0.2, 0.25) is 0 Å². The number of ether oxygens (including phenoxy) is 1. The molecule has 0 bridgehead atoms. The van der Waals surface area contributed by atoms with Gasteiger partial charge < -0.3 is 9.64 Å². The van der Waals surface area contributed by atoms with Crippen molar-refractivity contribution in [2.24, 2.45) is 11.8 Å². The Balaban J connectivity index is 1.49. The standard InChI is InChI=1S/C23H32N4O3/c1-3-25-19(28)12-17(14-4-5-14)20-21(23(29)26-13(2)10-15-11-18(15)26)24-27(22(20)25)16-6-8-30-9-7-16/h13-18H,3-12H2,1-2H3/t13-,15+,17+,18-/m1/s1. The molecule has 3 aliphatic heterocycles. The molecule has 0 spiro atoms. The Morgan fingerprint density at radius 2 is 1.90 bits per heavy atom. The Morgan fingerprint density at radius 1 is 1.13 bits per heavy atom. The predicted octanol–water partition coefficient (Wildman–Crippen LogP) is 3.11. The Labute approximate surface area is 177 Å². The minimum atomic E-state index is 0.102. The molecule has 4 atom stereocenters. The predicted molar refractivity (Wildman–Crippen MR) is 112 cm³/mol. The third-order valence-corrected chi connectivity index (χ3v) is 8.09. The van der Waals surface area contributed by atoms with E-state index >= 15 is 0 Å². The van der Waals surface area contributed by atoms with E-state index in [0.29, 0.717) is 49.8 Å². The van der Waals surface area contributed by atoms with E-state index in [2.05, 4.69) is 11.8 Å². The van der Waals surface area contributed by atoms with E-state index in [1.807, 2.05) is 16.5 Å². The summed E-state index contributed by atoms with van der Waals surface area (Å²) in [4.78, 5) is 30.9. The number of carbonyl (C=O) groups is 2. The van der Waals surface area contributed by atoms with Crippen LogP contribution in [0.4, 0.5) is 5.82 Å². The molecule has 2 saturated heterocycles. The number of hydrogen-bond acceptors (Lipinski definition) is 4. The molecule has 30 heavy (non-hydrogen) atoms. The topological polar surface area (TPSA) is 67.7 Å². The fraction of sp³-hybridized carbons (Fsp3) is 0.783. The summed E-state index contributed by atoms with van der Waals surface area (Å²) in [6.07, 6.45) is 6.86. The summed E-state index contributed by atoms with van der Waals surface area (Å²) in [6, 6.07) is 0.888. The van der Waals surface area contributed by atoms with E-state index < -0.39 is 0 Å². The minimum Gasteiger partial charge on any atom is -0.381 e. The van der Waals surface area contributed by atoms with Crippen molar-refractivity contribution in [3.8, 4) is 0 Å². The summed E-state index contributed by atoms with van der Waals surface area (Å²) >= 11 is 0. The molecule has 2 aliphatic carbocycles. The van der Waals surface area contributed by atoms with Gasteiger partial charge in [-0.25, -0.2) is 4.68 Å². The SMILES string of the molecule is CCN1C(=O)C[C@@H](C2CC2)c2c(C(=O)N3[C@H](C)C[C@H]4C[C@H]43)nn(C3CCOCC3)c21. The first kappa shape index (κ1) is 18.8. The number of piperidine rings is 1. The minimum absolute atomic E-state index is 0.102. The zero-order valence-electron chi connectivity index (χ0n) is 18.0. The average molecular weight is 413 g/mol. The first-order chi connectivity index (χ1) is 14.6. The summed E-state index contributed by atoms with van der Waals surface area (Å²) in [5.74, 6) is 2.56. The summed E-state index contributed by atoms with van der Waals surface area (Å²) < 4.78 is 7.63. The Bertz CT molecular complexity index is 883. The van der Waals surface area contributed by atoms with Gasteiger partial charge in [0.25, 0.3) is 5.91 Å². The Kier molecular flexibility index (Phi) is 4.28. The molecule has 4 heterocycles. The van der Waals surface area contributed by atoms with Gasteiger partial charge in [0.15, 0.2) is 5.69 Å². The van der Waals surface area contributed by atoms with Crippen LogP contribution >= 0.6 is 0 Å². The van der Waals surface area contributed by atoms with Gasteiger partial charge in [0.2, 0.25) is 5.91 Å². The summed E-state index contributed by atoms with van der Waals surface area (Å²) in [5.41, 5.74) is 1.71. The van der Waals surface area contributed by atoms with Gasteiger partial charge in [0, 0.05) is 49.7 Å². The van der Waals surface area contributed by atoms with Crippen LogP contribution in [0.15, 0.2) is 0 Å². The lowest BCUT2D eigenvalue weighted by molar-refractivity contribution is -0.119. The maximum absolute atomic E-state index is 13.8. The van der Waals surface area contributed by atoms with Gasteiger partial charge in [0.05, 0.1) is 6.04 Å². The van der Waals surface area contributed by atoms with E-state index in [1.54, 1.807) is 0 Å². The van der Waals surface area contributed by atoms with Crippen LogP contribution < -0.4 is 4.90 Å². The van der Waals surface area contributed by atoms with Gasteiger partial charge in [-0.3, -0.25) is 14.5 Å². The third-order valence-electron chi connectivity index (χ3n) is 8.09. The van der Waals surface area contributed by atoms with Gasteiger partial charge in [-0.15, -0.1) is 0 Å². The van der Waals surface area contributed by atoms with Crippen molar-refractivity contribution in [2.45, 2.75) is 82.8 Å². The second-order valence-electron chi connectivity index (χ2n) is 10.0. The third kappa shape index (κ3) is 2.77. The number of hydrogen-bond donors (Lipinski definition) is 0. The number of likely N-dealkylation sites (tertiary alicyclic amines) is 1. The molecule has 4 fully saturated rings. The molecule has 1 aromatic heterocycles. The van der Waals surface area contributed by atoms with Crippen LogP contribution in [0.1, 0.15) is 86.8 Å². The van der Waals surface area contributed by atoms with Crippen molar-refractivity contribution in [1.82, 2.24) is 14.7 Å². The summed E-state index contributed by atoms with van der Waals surface area (Å²) in [7, 11) is 0. The van der Waals surface area contributed by atoms with Gasteiger partial charge in [-0.2, -0.15) is 5.10 Å². The van der Waals surface area contributed by atoms with Crippen molar-refractivity contribution < 1.29 is 14.3 Å². The molecular weight excluding hydrogens is 380 g/mol. The molecule has 0 unspecified atom stereocenters. The highest BCUT2D eigenvalue weighted by Gasteiger charge is 2.54. The monoisotopic (exact) mass is 412 g/mol. The summed E-state index contributed by atoms with van der Waals surface area (Å²) in [5, 5.41) is 5.02. The first-order valence-corrected chi connectivity index (χ1v) is 11.9. The van der Waals surface area contributed by atoms with Gasteiger partial charge >= 0.3 is 0 Å². The molecular formula is C23H32N4O3. The van der Waals surface area contributed by atoms with Crippen molar-refractivity contribution in [2.75, 3.05) is 24.7 Å². The smallest absolute Gasteiger partial charge is 0.275 e. The van der Waals surface area contributed by atoms with Gasteiger partial charge in [0.1, 0.15) is 5.82 Å². The van der Waals surface area contributed by atoms with Crippen LogP contribution in [0, 0.1) is 11.8 Å². The average Bonchev–Trinajstić information content (AvgIpc) is 3.66. The number of fused-ring (bicyclic) bond motifs is 2. The number of rotatable bonds is 4. The first-order valence-electron chi connectivity index (χ1n) is 11.9. The largest absolute Gasteiger partial charge is 0.381 e. The van der Waals surface area contributed by atoms with E-state index in [9.17, 15) is 9.59 Å². The molecule has 6 rings (SSSR count). The van der Waals surface area contributed by atoms with Gasteiger partial charge in [-0.05, 0) is 64.2 Å². The van der Waals surface area contributed by atoms with Crippen molar-refractivity contribution in [1.29, 1.82) is 0 Å². The van der Waals surface area contributed by atoms with Crippen LogP contribution in [-0.2, 0) is 9.53 Å². The second-order valence-corrected chi connectivity index (χ2v) is 10.0. The van der Waals surface area contributed by atoms with E-state index in [1.165, 1.54) is 0 Å².